The summed E-state index contributed by atoms with van der Waals surface area (Å²) in [6, 6.07) is 10.4. The fraction of sp³-hybridized carbons (Fsp3) is 0.323. The maximum Gasteiger partial charge on any atom is 0.267 e. The monoisotopic (exact) mass is 670 g/mol. The first-order valence-electron chi connectivity index (χ1n) is 14.0. The molecule has 1 unspecified atom stereocenters. The number of aromatic nitrogens is 3. The second-order valence-corrected chi connectivity index (χ2v) is 14.0. The van der Waals surface area contributed by atoms with Gasteiger partial charge in [-0.15, -0.1) is 11.3 Å². The summed E-state index contributed by atoms with van der Waals surface area (Å²) in [4.78, 5) is 33.4. The van der Waals surface area contributed by atoms with Crippen LogP contribution in [0.15, 0.2) is 71.3 Å². The Morgan fingerprint density at radius 2 is 1.87 bits per heavy atom. The minimum atomic E-state index is -4.84. The average Bonchev–Trinajstić information content (AvgIpc) is 3.72. The van der Waals surface area contributed by atoms with E-state index in [1.807, 2.05) is 31.6 Å². The molecular weight excluding hydrogens is 639 g/mol. The van der Waals surface area contributed by atoms with Crippen LogP contribution in [0.4, 0.5) is 8.78 Å². The highest BCUT2D eigenvalue weighted by atomic mass is 32.2. The fourth-order valence-corrected chi connectivity index (χ4v) is 6.70. The number of nitrogens with one attached hydrogen (secondary N) is 1. The molecule has 4 aromatic rings. The lowest BCUT2D eigenvalue weighted by atomic mass is 9.85. The third kappa shape index (κ3) is 7.24. The standard InChI is InChI=1S/C31H32F2N6O5S2/c1-30(2,3)22-18-24(33)21(17-25(22)44-4)28(40)39(19-27-35-14-16-45-27)31(11-7-12-34,20-38-15-8-13-36-38)29(41)37-46(42,43)26-10-6-5-9-23(26)32/h5-6,8-10,13-18H,7,11,19-20H2,1-4H3,(H,37,41). The van der Waals surface area contributed by atoms with E-state index in [1.165, 1.54) is 54.6 Å². The Labute approximate surface area is 269 Å². The maximum atomic E-state index is 15.9. The Balaban J connectivity index is 1.96. The third-order valence-electron chi connectivity index (χ3n) is 7.28. The lowest BCUT2D eigenvalue weighted by Crippen LogP contribution is -2.63. The van der Waals surface area contributed by atoms with Gasteiger partial charge in [-0.3, -0.25) is 14.3 Å². The molecule has 2 amide bonds. The number of carbonyl (C=O) groups excluding carboxylic acids is 2. The molecule has 0 radical (unpaired) electrons. The maximum absolute atomic E-state index is 15.9. The van der Waals surface area contributed by atoms with Gasteiger partial charge in [0.15, 0.2) is 0 Å². The first kappa shape index (κ1) is 34.2. The normalized spacial score (nSPS) is 13.0. The number of nitriles is 1. The van der Waals surface area contributed by atoms with Crippen LogP contribution in [0.5, 0.6) is 5.75 Å². The van der Waals surface area contributed by atoms with Gasteiger partial charge < -0.3 is 9.64 Å². The number of rotatable bonds is 12. The molecule has 0 bridgehead atoms. The van der Waals surface area contributed by atoms with Gasteiger partial charge in [0.05, 0.1) is 31.8 Å². The number of thiazole rings is 1. The van der Waals surface area contributed by atoms with Gasteiger partial charge in [0.1, 0.15) is 32.8 Å². The second kappa shape index (κ2) is 13.8. The summed E-state index contributed by atoms with van der Waals surface area (Å²) >= 11 is 1.14. The third-order valence-corrected chi connectivity index (χ3v) is 9.40. The molecule has 2 aromatic heterocycles. The SMILES string of the molecule is COc1cc(C(=O)N(Cc2nccs2)C(CCC#N)(Cn2cccn2)C(=O)NS(=O)(=O)c2ccccc2F)c(F)cc1C(C)(C)C. The molecule has 0 spiro atoms. The van der Waals surface area contributed by atoms with Gasteiger partial charge in [0.25, 0.3) is 21.8 Å². The summed E-state index contributed by atoms with van der Waals surface area (Å²) in [5.41, 5.74) is -2.73. The van der Waals surface area contributed by atoms with Gasteiger partial charge in [-0.25, -0.2) is 26.9 Å². The summed E-state index contributed by atoms with van der Waals surface area (Å²) in [5.74, 6) is -4.07. The van der Waals surface area contributed by atoms with Crippen molar-refractivity contribution in [3.63, 3.8) is 0 Å². The highest BCUT2D eigenvalue weighted by Crippen LogP contribution is 2.36. The second-order valence-electron chi connectivity index (χ2n) is 11.4. The van der Waals surface area contributed by atoms with Crippen molar-refractivity contribution in [2.24, 2.45) is 0 Å². The van der Waals surface area contributed by atoms with E-state index in [0.29, 0.717) is 10.6 Å². The molecule has 0 aliphatic carbocycles. The number of methoxy groups -OCH3 is 1. The van der Waals surface area contributed by atoms with Crippen molar-refractivity contribution in [2.75, 3.05) is 7.11 Å². The topological polar surface area (TPSA) is 147 Å². The number of halogens is 2. The van der Waals surface area contributed by atoms with E-state index in [9.17, 15) is 27.7 Å². The van der Waals surface area contributed by atoms with Crippen molar-refractivity contribution in [3.05, 3.63) is 94.2 Å². The summed E-state index contributed by atoms with van der Waals surface area (Å²) in [5, 5.41) is 15.8. The predicted molar refractivity (Wildman–Crippen MR) is 165 cm³/mol. The van der Waals surface area contributed by atoms with E-state index in [4.69, 9.17) is 4.74 Å². The minimum Gasteiger partial charge on any atom is -0.496 e. The number of hydrogen-bond acceptors (Lipinski definition) is 9. The van der Waals surface area contributed by atoms with Crippen LogP contribution in [0, 0.1) is 23.0 Å². The Morgan fingerprint density at radius 3 is 2.46 bits per heavy atom. The van der Waals surface area contributed by atoms with Crippen LogP contribution in [0.1, 0.15) is 54.5 Å². The van der Waals surface area contributed by atoms with Crippen LogP contribution >= 0.6 is 11.3 Å². The molecule has 0 fully saturated rings. The quantitative estimate of drug-likeness (QED) is 0.226. The van der Waals surface area contributed by atoms with Crippen molar-refractivity contribution < 1.29 is 31.5 Å². The zero-order valence-corrected chi connectivity index (χ0v) is 27.2. The smallest absolute Gasteiger partial charge is 0.267 e. The number of nitrogens with zero attached hydrogens (tertiary/aromatic N) is 5. The molecule has 242 valence electrons. The summed E-state index contributed by atoms with van der Waals surface area (Å²) < 4.78 is 66.0. The Morgan fingerprint density at radius 1 is 1.13 bits per heavy atom. The molecule has 11 nitrogen and oxygen atoms in total. The molecule has 0 saturated heterocycles. The van der Waals surface area contributed by atoms with E-state index >= 15 is 4.39 Å². The lowest BCUT2D eigenvalue weighted by molar-refractivity contribution is -0.132. The van der Waals surface area contributed by atoms with Crippen LogP contribution in [0.3, 0.4) is 0 Å². The highest BCUT2D eigenvalue weighted by Gasteiger charge is 2.49. The minimum absolute atomic E-state index is 0.215. The number of ether oxygens (including phenoxy) is 1. The zero-order chi connectivity index (χ0) is 33.7. The van der Waals surface area contributed by atoms with Gasteiger partial charge in [-0.2, -0.15) is 10.4 Å². The van der Waals surface area contributed by atoms with E-state index in [2.05, 4.69) is 10.1 Å². The molecule has 2 aromatic carbocycles. The van der Waals surface area contributed by atoms with Crippen LogP contribution in [-0.4, -0.2) is 52.5 Å². The molecular formula is C31H32F2N6O5S2. The van der Waals surface area contributed by atoms with E-state index in [1.54, 1.807) is 11.4 Å². The highest BCUT2D eigenvalue weighted by molar-refractivity contribution is 7.90. The fourth-order valence-electron chi connectivity index (χ4n) is 4.97. The molecule has 0 saturated carbocycles. The lowest BCUT2D eigenvalue weighted by Gasteiger charge is -2.42. The summed E-state index contributed by atoms with van der Waals surface area (Å²) in [6.45, 7) is 4.71. The molecule has 2 heterocycles. The number of benzene rings is 2. The molecule has 0 aliphatic heterocycles. The number of carbonyl (C=O) groups is 2. The van der Waals surface area contributed by atoms with E-state index in [-0.39, 0.29) is 18.7 Å². The molecule has 4 rings (SSSR count). The summed E-state index contributed by atoms with van der Waals surface area (Å²) in [6.07, 6.45) is 3.62. The average molecular weight is 671 g/mol. The number of hydrogen-bond donors (Lipinski definition) is 1. The van der Waals surface area contributed by atoms with Crippen molar-refractivity contribution in [2.45, 2.75) is 62.6 Å². The van der Waals surface area contributed by atoms with Gasteiger partial charge in [0.2, 0.25) is 0 Å². The molecule has 1 atom stereocenters. The first-order chi connectivity index (χ1) is 21.7. The van der Waals surface area contributed by atoms with Crippen LogP contribution in [-0.2, 0) is 33.3 Å². The van der Waals surface area contributed by atoms with Crippen molar-refractivity contribution in [1.82, 2.24) is 24.4 Å². The van der Waals surface area contributed by atoms with Crippen molar-refractivity contribution in [3.8, 4) is 11.8 Å². The predicted octanol–water partition coefficient (Wildman–Crippen LogP) is 4.81. The zero-order valence-electron chi connectivity index (χ0n) is 25.5. The first-order valence-corrected chi connectivity index (χ1v) is 16.3. The Bertz CT molecular complexity index is 1850. The Hall–Kier alpha value is -4.68. The largest absolute Gasteiger partial charge is 0.496 e. The molecule has 15 heteroatoms. The van der Waals surface area contributed by atoms with E-state index in [0.717, 1.165) is 28.4 Å². The Kier molecular flexibility index (Phi) is 10.2. The van der Waals surface area contributed by atoms with E-state index < -0.39 is 67.9 Å². The number of sulfonamides is 1. The molecule has 0 aliphatic rings. The van der Waals surface area contributed by atoms with Crippen molar-refractivity contribution >= 4 is 33.2 Å². The van der Waals surface area contributed by atoms with Gasteiger partial charge in [-0.1, -0.05) is 32.9 Å². The number of amides is 2. The summed E-state index contributed by atoms with van der Waals surface area (Å²) in [7, 11) is -3.46. The van der Waals surface area contributed by atoms with Crippen LogP contribution in [0.2, 0.25) is 0 Å². The van der Waals surface area contributed by atoms with Gasteiger partial charge in [-0.05, 0) is 42.2 Å². The van der Waals surface area contributed by atoms with Crippen molar-refractivity contribution in [1.29, 1.82) is 5.26 Å². The van der Waals surface area contributed by atoms with Gasteiger partial charge >= 0.3 is 0 Å². The van der Waals surface area contributed by atoms with Crippen LogP contribution < -0.4 is 9.46 Å². The van der Waals surface area contributed by atoms with Crippen LogP contribution in [0.25, 0.3) is 0 Å². The van der Waals surface area contributed by atoms with Gasteiger partial charge in [0, 0.05) is 36.0 Å². The molecule has 1 N–H and O–H groups in total. The molecule has 46 heavy (non-hydrogen) atoms.